The Morgan fingerprint density at radius 1 is 0.680 bits per heavy atom. The molecule has 0 aliphatic carbocycles. The molecule has 0 aromatic heterocycles. The van der Waals surface area contributed by atoms with Gasteiger partial charge in [-0.15, -0.1) is 0 Å². The van der Waals surface area contributed by atoms with Gasteiger partial charge in [0, 0.05) is 12.8 Å². The molecular weight excluding hydrogens is 436 g/mol. The van der Waals surface area contributed by atoms with Crippen molar-refractivity contribution in [3.63, 3.8) is 0 Å². The molecule has 0 spiro atoms. The van der Waals surface area contributed by atoms with E-state index in [1.807, 2.05) is 0 Å². The minimum Gasteiger partial charge on any atom is -0.743 e. The van der Waals surface area contributed by atoms with Gasteiger partial charge in [0.1, 0.15) is 0 Å². The van der Waals surface area contributed by atoms with Gasteiger partial charge in [0.05, 0.1) is 0 Å². The molecule has 0 aromatic carbocycles. The van der Waals surface area contributed by atoms with E-state index in [2.05, 4.69) is 0 Å². The second-order valence-electron chi connectivity index (χ2n) is 4.65. The van der Waals surface area contributed by atoms with Crippen molar-refractivity contribution in [2.24, 2.45) is 0 Å². The molecule has 0 bridgehead atoms. The SMILES string of the molecule is O=S(=O)([O-])C(F)(F)C(F)(F)C(F)(F)C(F)(F)CCCCC(F)(F)F.[K+]. The van der Waals surface area contributed by atoms with Gasteiger partial charge in [0.15, 0.2) is 10.1 Å². The van der Waals surface area contributed by atoms with Crippen LogP contribution < -0.4 is 51.4 Å². The summed E-state index contributed by atoms with van der Waals surface area (Å²) in [6, 6.07) is 0. The van der Waals surface area contributed by atoms with Crippen LogP contribution in [0.4, 0.5) is 48.3 Å². The predicted molar refractivity (Wildman–Crippen MR) is 54.0 cm³/mol. The van der Waals surface area contributed by atoms with E-state index in [9.17, 15) is 61.3 Å². The summed E-state index contributed by atoms with van der Waals surface area (Å²) in [4.78, 5) is 0. The number of halogens is 11. The molecule has 0 N–H and O–H groups in total. The van der Waals surface area contributed by atoms with E-state index in [0.29, 0.717) is 0 Å². The second kappa shape index (κ2) is 8.42. The first-order valence-electron chi connectivity index (χ1n) is 5.74. The molecule has 3 nitrogen and oxygen atoms in total. The maximum Gasteiger partial charge on any atom is 1.00 e. The van der Waals surface area contributed by atoms with E-state index >= 15 is 0 Å². The minimum atomic E-state index is -7.44. The van der Waals surface area contributed by atoms with Gasteiger partial charge in [-0.1, -0.05) is 0 Å². The Kier molecular flexibility index (Phi) is 9.43. The van der Waals surface area contributed by atoms with Crippen LogP contribution >= 0.6 is 0 Å². The van der Waals surface area contributed by atoms with E-state index < -0.39 is 65.0 Å². The third-order valence-electron chi connectivity index (χ3n) is 2.73. The van der Waals surface area contributed by atoms with Crippen LogP contribution in [0.2, 0.25) is 0 Å². The predicted octanol–water partition coefficient (Wildman–Crippen LogP) is 1.16. The van der Waals surface area contributed by atoms with Crippen molar-refractivity contribution < 1.29 is 113 Å². The largest absolute Gasteiger partial charge is 1.00 e. The van der Waals surface area contributed by atoms with Crippen molar-refractivity contribution in [1.29, 1.82) is 0 Å². The normalized spacial score (nSPS) is 15.0. The Bertz CT molecular complexity index is 543. The maximum atomic E-state index is 13.1. The number of hydrogen-bond acceptors (Lipinski definition) is 3. The van der Waals surface area contributed by atoms with Crippen LogP contribution in [0.3, 0.4) is 0 Å². The molecule has 0 unspecified atom stereocenters. The summed E-state index contributed by atoms with van der Waals surface area (Å²) in [6.07, 6.45) is -11.6. The quantitative estimate of drug-likeness (QED) is 0.245. The number of rotatable bonds is 8. The molecule has 0 amide bonds. The second-order valence-corrected chi connectivity index (χ2v) is 6.07. The zero-order valence-electron chi connectivity index (χ0n) is 12.1. The fourth-order valence-corrected chi connectivity index (χ4v) is 1.84. The molecule has 0 aliphatic heterocycles. The van der Waals surface area contributed by atoms with Crippen LogP contribution in [0, 0.1) is 0 Å². The van der Waals surface area contributed by atoms with Gasteiger partial charge in [0.25, 0.3) is 0 Å². The minimum absolute atomic E-state index is 0. The molecule has 0 radical (unpaired) electrons. The summed E-state index contributed by atoms with van der Waals surface area (Å²) in [7, 11) is -7.44. The van der Waals surface area contributed by atoms with E-state index in [-0.39, 0.29) is 51.4 Å². The topological polar surface area (TPSA) is 57.2 Å². The van der Waals surface area contributed by atoms with Crippen LogP contribution in [0.15, 0.2) is 0 Å². The van der Waals surface area contributed by atoms with Gasteiger partial charge in [-0.3, -0.25) is 0 Å². The van der Waals surface area contributed by atoms with E-state index in [1.54, 1.807) is 0 Å². The Balaban J connectivity index is 0. The summed E-state index contributed by atoms with van der Waals surface area (Å²) < 4.78 is 169. The van der Waals surface area contributed by atoms with Crippen molar-refractivity contribution in [2.75, 3.05) is 0 Å². The van der Waals surface area contributed by atoms with Crippen molar-refractivity contribution in [2.45, 2.75) is 54.9 Å². The molecule has 25 heavy (non-hydrogen) atoms. The molecule has 146 valence electrons. The first kappa shape index (κ1) is 28.0. The Hall–Kier alpha value is 0.776. The van der Waals surface area contributed by atoms with Crippen LogP contribution in [0.25, 0.3) is 0 Å². The first-order valence-corrected chi connectivity index (χ1v) is 7.15. The molecule has 0 saturated carbocycles. The molecule has 0 atom stereocenters. The van der Waals surface area contributed by atoms with Crippen molar-refractivity contribution in [3.05, 3.63) is 0 Å². The van der Waals surface area contributed by atoms with Gasteiger partial charge >= 0.3 is 80.6 Å². The fourth-order valence-electron chi connectivity index (χ4n) is 1.40. The van der Waals surface area contributed by atoms with Crippen molar-refractivity contribution >= 4 is 10.1 Å². The Morgan fingerprint density at radius 2 is 1.04 bits per heavy atom. The summed E-state index contributed by atoms with van der Waals surface area (Å²) in [5.74, 6) is -20.3. The van der Waals surface area contributed by atoms with Crippen molar-refractivity contribution in [1.82, 2.24) is 0 Å². The van der Waals surface area contributed by atoms with Crippen molar-refractivity contribution in [3.8, 4) is 0 Å². The van der Waals surface area contributed by atoms with Gasteiger partial charge in [-0.25, -0.2) is 8.42 Å². The summed E-state index contributed by atoms with van der Waals surface area (Å²) >= 11 is 0. The summed E-state index contributed by atoms with van der Waals surface area (Å²) in [6.45, 7) is 0. The summed E-state index contributed by atoms with van der Waals surface area (Å²) in [5.41, 5.74) is 0. The molecule has 0 aromatic rings. The van der Waals surface area contributed by atoms with E-state index in [1.165, 1.54) is 0 Å². The average Bonchev–Trinajstić information content (AvgIpc) is 2.31. The van der Waals surface area contributed by atoms with Gasteiger partial charge in [-0.2, -0.15) is 48.3 Å². The van der Waals surface area contributed by atoms with Gasteiger partial charge in [-0.05, 0) is 12.8 Å². The first-order chi connectivity index (χ1) is 10.2. The number of unbranched alkanes of at least 4 members (excludes halogenated alkanes) is 1. The fraction of sp³-hybridized carbons (Fsp3) is 1.00. The van der Waals surface area contributed by atoms with Crippen LogP contribution in [-0.2, 0) is 10.1 Å². The van der Waals surface area contributed by atoms with Crippen LogP contribution in [0.5, 0.6) is 0 Å². The Morgan fingerprint density at radius 3 is 1.36 bits per heavy atom. The average molecular weight is 444 g/mol. The molecule has 0 rings (SSSR count). The Labute approximate surface area is 176 Å². The van der Waals surface area contributed by atoms with Gasteiger partial charge in [0.2, 0.25) is 0 Å². The zero-order chi connectivity index (χ0) is 19.8. The number of alkyl halides is 11. The molecule has 16 heteroatoms. The molecule has 0 aliphatic rings. The van der Waals surface area contributed by atoms with Crippen LogP contribution in [0.1, 0.15) is 25.7 Å². The van der Waals surface area contributed by atoms with E-state index in [4.69, 9.17) is 0 Å². The molecule has 0 saturated heterocycles. The third kappa shape index (κ3) is 6.13. The van der Waals surface area contributed by atoms with E-state index in [0.717, 1.165) is 0 Å². The molecule has 0 fully saturated rings. The number of hydrogen-bond donors (Lipinski definition) is 0. The molecule has 0 heterocycles. The maximum absolute atomic E-state index is 13.1. The molecular formula is C9H8F11KO3S. The standard InChI is InChI=1S/C9H9F11O3S.K/c10-5(11,3-1-2-4-6(12,13)14)7(15,16)8(17,18)9(19,20)24(21,22)23;/h1-4H2,(H,21,22,23);/q;+1/p-1. The zero-order valence-corrected chi connectivity index (χ0v) is 16.1. The van der Waals surface area contributed by atoms with Crippen LogP contribution in [-0.4, -0.2) is 42.2 Å². The monoisotopic (exact) mass is 444 g/mol. The smallest absolute Gasteiger partial charge is 0.743 e. The third-order valence-corrected chi connectivity index (χ3v) is 3.62. The summed E-state index contributed by atoms with van der Waals surface area (Å²) in [5, 5.41) is -7.07. The van der Waals surface area contributed by atoms with Gasteiger partial charge < -0.3 is 4.55 Å².